The van der Waals surface area contributed by atoms with Gasteiger partial charge in [0.2, 0.25) is 0 Å². The summed E-state index contributed by atoms with van der Waals surface area (Å²) < 4.78 is 13.7. The van der Waals surface area contributed by atoms with E-state index in [1.54, 1.807) is 23.2 Å². The number of carbonyl (C=O) groups is 1. The Labute approximate surface area is 139 Å². The van der Waals surface area contributed by atoms with Crippen LogP contribution >= 0.6 is 11.6 Å². The quantitative estimate of drug-likeness (QED) is 0.600. The van der Waals surface area contributed by atoms with Crippen LogP contribution in [-0.2, 0) is 0 Å². The molecule has 118 valence electrons. The summed E-state index contributed by atoms with van der Waals surface area (Å²) in [7, 11) is 0. The van der Waals surface area contributed by atoms with Gasteiger partial charge in [0.1, 0.15) is 5.82 Å². The molecule has 5 heteroatoms. The average molecular weight is 331 g/mol. The Kier molecular flexibility index (Phi) is 3.94. The molecule has 0 aliphatic carbocycles. The lowest BCUT2D eigenvalue weighted by atomic mass is 9.85. The van der Waals surface area contributed by atoms with Crippen LogP contribution in [0, 0.1) is 12.7 Å². The standard InChI is InChI=1S/C18H16ClFN2O/c1-10(2)15-9-22(16-11(3)6-7-21-17(16)19)18(23)14-8-12(20)4-5-13(14)15/h4-8,15H,1,9H2,2-3H3. The molecule has 0 bridgehead atoms. The van der Waals surface area contributed by atoms with Crippen molar-refractivity contribution in [3.05, 3.63) is 70.3 Å². The first-order chi connectivity index (χ1) is 10.9. The van der Waals surface area contributed by atoms with Gasteiger partial charge in [-0.25, -0.2) is 9.37 Å². The number of anilines is 1. The smallest absolute Gasteiger partial charge is 0.258 e. The number of rotatable bonds is 2. The zero-order valence-corrected chi connectivity index (χ0v) is 13.7. The van der Waals surface area contributed by atoms with Gasteiger partial charge in [0, 0.05) is 24.2 Å². The minimum Gasteiger partial charge on any atom is -0.304 e. The van der Waals surface area contributed by atoms with E-state index in [1.807, 2.05) is 13.8 Å². The fourth-order valence-corrected chi connectivity index (χ4v) is 3.29. The third-order valence-corrected chi connectivity index (χ3v) is 4.45. The van der Waals surface area contributed by atoms with E-state index in [0.29, 0.717) is 17.8 Å². The lowest BCUT2D eigenvalue weighted by Gasteiger charge is -2.35. The van der Waals surface area contributed by atoms with Crippen LogP contribution in [0.15, 0.2) is 42.6 Å². The molecule has 23 heavy (non-hydrogen) atoms. The first-order valence-corrected chi connectivity index (χ1v) is 7.65. The van der Waals surface area contributed by atoms with E-state index in [1.165, 1.54) is 12.1 Å². The molecule has 1 amide bonds. The van der Waals surface area contributed by atoms with E-state index in [9.17, 15) is 9.18 Å². The summed E-state index contributed by atoms with van der Waals surface area (Å²) in [5.41, 5.74) is 3.48. The molecule has 1 aliphatic heterocycles. The number of nitrogens with zero attached hydrogens (tertiary/aromatic N) is 2. The van der Waals surface area contributed by atoms with Crippen LogP contribution in [0.4, 0.5) is 10.1 Å². The maximum atomic E-state index is 13.7. The monoisotopic (exact) mass is 330 g/mol. The first kappa shape index (κ1) is 15.7. The van der Waals surface area contributed by atoms with Crippen LogP contribution < -0.4 is 4.90 Å². The lowest BCUT2D eigenvalue weighted by Crippen LogP contribution is -2.41. The largest absolute Gasteiger partial charge is 0.304 e. The van der Waals surface area contributed by atoms with Crippen molar-refractivity contribution < 1.29 is 9.18 Å². The van der Waals surface area contributed by atoms with E-state index in [2.05, 4.69) is 11.6 Å². The molecule has 1 unspecified atom stereocenters. The fourth-order valence-electron chi connectivity index (χ4n) is 2.98. The highest BCUT2D eigenvalue weighted by Gasteiger charge is 2.34. The minimum atomic E-state index is -0.437. The highest BCUT2D eigenvalue weighted by Crippen LogP contribution is 2.38. The van der Waals surface area contributed by atoms with Crippen LogP contribution in [0.2, 0.25) is 5.15 Å². The highest BCUT2D eigenvalue weighted by atomic mass is 35.5. The van der Waals surface area contributed by atoms with E-state index < -0.39 is 5.82 Å². The number of hydrogen-bond donors (Lipinski definition) is 0. The molecule has 0 fully saturated rings. The number of halogens is 2. The second-order valence-electron chi connectivity index (χ2n) is 5.81. The number of fused-ring (bicyclic) bond motifs is 1. The van der Waals surface area contributed by atoms with Gasteiger partial charge in [-0.3, -0.25) is 4.79 Å². The summed E-state index contributed by atoms with van der Waals surface area (Å²) in [6.45, 7) is 8.21. The van der Waals surface area contributed by atoms with Crippen LogP contribution in [0.5, 0.6) is 0 Å². The summed E-state index contributed by atoms with van der Waals surface area (Å²) in [5.74, 6) is -0.776. The van der Waals surface area contributed by atoms with Gasteiger partial charge in [0.15, 0.2) is 5.15 Å². The lowest BCUT2D eigenvalue weighted by molar-refractivity contribution is 0.0977. The number of amides is 1. The molecular weight excluding hydrogens is 315 g/mol. The van der Waals surface area contributed by atoms with Crippen molar-refractivity contribution in [2.75, 3.05) is 11.4 Å². The summed E-state index contributed by atoms with van der Waals surface area (Å²) in [4.78, 5) is 18.5. The number of benzene rings is 1. The SMILES string of the molecule is C=C(C)C1CN(c2c(C)ccnc2Cl)C(=O)c2cc(F)ccc21. The Morgan fingerprint density at radius 3 is 2.83 bits per heavy atom. The normalized spacial score (nSPS) is 17.1. The van der Waals surface area contributed by atoms with E-state index in [0.717, 1.165) is 16.7 Å². The van der Waals surface area contributed by atoms with E-state index in [4.69, 9.17) is 11.6 Å². The van der Waals surface area contributed by atoms with Gasteiger partial charge in [-0.15, -0.1) is 0 Å². The summed E-state index contributed by atoms with van der Waals surface area (Å²) in [6.07, 6.45) is 1.60. The van der Waals surface area contributed by atoms with Crippen LogP contribution in [-0.4, -0.2) is 17.4 Å². The molecule has 2 aromatic rings. The highest BCUT2D eigenvalue weighted by molar-refractivity contribution is 6.33. The fraction of sp³-hybridized carbons (Fsp3) is 0.222. The second kappa shape index (κ2) is 5.78. The van der Waals surface area contributed by atoms with Gasteiger partial charge in [-0.2, -0.15) is 0 Å². The predicted molar refractivity (Wildman–Crippen MR) is 89.6 cm³/mol. The molecule has 0 spiro atoms. The molecule has 0 N–H and O–H groups in total. The van der Waals surface area contributed by atoms with Crippen LogP contribution in [0.1, 0.15) is 34.3 Å². The summed E-state index contributed by atoms with van der Waals surface area (Å²) in [5, 5.41) is 0.263. The van der Waals surface area contributed by atoms with Gasteiger partial charge in [-0.1, -0.05) is 29.8 Å². The molecule has 2 heterocycles. The van der Waals surface area contributed by atoms with Gasteiger partial charge in [0.25, 0.3) is 5.91 Å². The van der Waals surface area contributed by atoms with E-state index in [-0.39, 0.29) is 17.0 Å². The minimum absolute atomic E-state index is 0.0704. The van der Waals surface area contributed by atoms with E-state index >= 15 is 0 Å². The summed E-state index contributed by atoms with van der Waals surface area (Å²) in [6, 6.07) is 6.11. The zero-order valence-electron chi connectivity index (χ0n) is 12.9. The third-order valence-electron chi connectivity index (χ3n) is 4.18. The van der Waals surface area contributed by atoms with Gasteiger partial charge in [-0.05, 0) is 43.2 Å². The Balaban J connectivity index is 2.18. The van der Waals surface area contributed by atoms with Crippen molar-refractivity contribution in [2.24, 2.45) is 0 Å². The molecule has 3 nitrogen and oxygen atoms in total. The Bertz CT molecular complexity index is 798. The van der Waals surface area contributed by atoms with Gasteiger partial charge < -0.3 is 4.90 Å². The van der Waals surface area contributed by atoms with Gasteiger partial charge in [0.05, 0.1) is 5.69 Å². The molecule has 1 aliphatic rings. The van der Waals surface area contributed by atoms with Crippen molar-refractivity contribution in [1.29, 1.82) is 0 Å². The maximum Gasteiger partial charge on any atom is 0.258 e. The van der Waals surface area contributed by atoms with Crippen molar-refractivity contribution in [3.63, 3.8) is 0 Å². The number of aryl methyl sites for hydroxylation is 1. The first-order valence-electron chi connectivity index (χ1n) is 7.28. The molecule has 1 aromatic carbocycles. The molecule has 1 aromatic heterocycles. The van der Waals surface area contributed by atoms with Crippen LogP contribution in [0.3, 0.4) is 0 Å². The van der Waals surface area contributed by atoms with Crippen molar-refractivity contribution in [2.45, 2.75) is 19.8 Å². The third kappa shape index (κ3) is 2.63. The number of pyridine rings is 1. The number of carbonyl (C=O) groups excluding carboxylic acids is 1. The maximum absolute atomic E-state index is 13.7. The Morgan fingerprint density at radius 1 is 1.43 bits per heavy atom. The van der Waals surface area contributed by atoms with Crippen LogP contribution in [0.25, 0.3) is 0 Å². The molecular formula is C18H16ClFN2O. The Morgan fingerprint density at radius 2 is 2.17 bits per heavy atom. The second-order valence-corrected chi connectivity index (χ2v) is 6.17. The topological polar surface area (TPSA) is 33.2 Å². The van der Waals surface area contributed by atoms with Crippen molar-refractivity contribution >= 4 is 23.2 Å². The number of aromatic nitrogens is 1. The summed E-state index contributed by atoms with van der Waals surface area (Å²) >= 11 is 6.21. The molecule has 1 atom stereocenters. The molecule has 0 saturated heterocycles. The average Bonchev–Trinajstić information content (AvgIpc) is 2.49. The zero-order chi connectivity index (χ0) is 16.7. The molecule has 0 saturated carbocycles. The number of hydrogen-bond acceptors (Lipinski definition) is 2. The Hall–Kier alpha value is -2.20. The van der Waals surface area contributed by atoms with Crippen molar-refractivity contribution in [3.8, 4) is 0 Å². The van der Waals surface area contributed by atoms with Gasteiger partial charge >= 0.3 is 0 Å². The molecule has 0 radical (unpaired) electrons. The molecule has 3 rings (SSSR count). The predicted octanol–water partition coefficient (Wildman–Crippen LogP) is 4.50. The van der Waals surface area contributed by atoms with Crippen molar-refractivity contribution in [1.82, 2.24) is 4.98 Å².